The molecule has 1 aliphatic carbocycles. The lowest BCUT2D eigenvalue weighted by Crippen LogP contribution is -2.56. The number of amides is 5. The van der Waals surface area contributed by atoms with Gasteiger partial charge in [0.2, 0.25) is 5.91 Å². The number of aliphatic hydroxyl groups is 1. The highest BCUT2D eigenvalue weighted by Gasteiger charge is 2.36. The minimum atomic E-state index is -1.21. The van der Waals surface area contributed by atoms with E-state index in [1.807, 2.05) is 30.3 Å². The highest BCUT2D eigenvalue weighted by molar-refractivity contribution is 5.90. The van der Waals surface area contributed by atoms with Crippen molar-refractivity contribution in [3.8, 4) is 0 Å². The lowest BCUT2D eigenvalue weighted by atomic mass is 9.83. The number of aromatic nitrogens is 2. The molecule has 4 atom stereocenters. The smallest absolute Gasteiger partial charge is 0.410 e. The van der Waals surface area contributed by atoms with Gasteiger partial charge in [0.15, 0.2) is 6.10 Å². The molecule has 2 aromatic rings. The monoisotopic (exact) mass is 782 g/mol. The maximum atomic E-state index is 14.4. The van der Waals surface area contributed by atoms with Crippen LogP contribution in [0, 0.1) is 11.8 Å². The number of aliphatic hydroxyl groups excluding tert-OH is 1. The van der Waals surface area contributed by atoms with Gasteiger partial charge in [-0.1, -0.05) is 76.3 Å². The first-order chi connectivity index (χ1) is 26.9. The predicted octanol–water partition coefficient (Wildman–Crippen LogP) is 4.88. The van der Waals surface area contributed by atoms with Crippen LogP contribution in [0.3, 0.4) is 0 Å². The van der Waals surface area contributed by atoms with E-state index in [1.54, 1.807) is 37.1 Å². The number of benzene rings is 1. The van der Waals surface area contributed by atoms with Crippen LogP contribution in [-0.4, -0.2) is 143 Å². The molecule has 2 fully saturated rings. The Hall–Kier alpha value is -4.17. The SMILES string of the molecule is CC(C)CC[C@H](O)[C@H](CC1CCCCC1)NC(=O)[C@H](Cc1c[nH]cn1)N(C)C(=O)[C@H](Cc1ccccc1)OC(=O)N(C)CCCCN(C)C(=O)N1CCOCC1. The van der Waals surface area contributed by atoms with Crippen LogP contribution >= 0.6 is 0 Å². The summed E-state index contributed by atoms with van der Waals surface area (Å²) in [5.74, 6) is -0.0730. The van der Waals surface area contributed by atoms with Crippen LogP contribution in [0.15, 0.2) is 42.9 Å². The van der Waals surface area contributed by atoms with Crippen molar-refractivity contribution in [1.82, 2.24) is 34.9 Å². The van der Waals surface area contributed by atoms with E-state index in [0.717, 1.165) is 37.7 Å². The lowest BCUT2D eigenvalue weighted by molar-refractivity contribution is -0.146. The molecule has 56 heavy (non-hydrogen) atoms. The van der Waals surface area contributed by atoms with E-state index in [4.69, 9.17) is 9.47 Å². The number of carbonyl (C=O) groups is 4. The Morgan fingerprint density at radius 1 is 0.964 bits per heavy atom. The summed E-state index contributed by atoms with van der Waals surface area (Å²) in [4.78, 5) is 68.6. The Morgan fingerprint density at radius 3 is 2.29 bits per heavy atom. The fraction of sp³-hybridized carbons (Fsp3) is 0.690. The number of nitrogens with zero attached hydrogens (tertiary/aromatic N) is 5. The third-order valence-corrected chi connectivity index (χ3v) is 11.2. The molecular weight excluding hydrogens is 715 g/mol. The highest BCUT2D eigenvalue weighted by atomic mass is 16.6. The van der Waals surface area contributed by atoms with Crippen LogP contribution in [0.5, 0.6) is 0 Å². The summed E-state index contributed by atoms with van der Waals surface area (Å²) in [7, 11) is 4.97. The number of urea groups is 1. The number of carbonyl (C=O) groups excluding carboxylic acids is 4. The third-order valence-electron chi connectivity index (χ3n) is 11.2. The van der Waals surface area contributed by atoms with Gasteiger partial charge in [-0.2, -0.15) is 0 Å². The van der Waals surface area contributed by atoms with Crippen molar-refractivity contribution in [2.75, 3.05) is 60.5 Å². The molecule has 1 saturated carbocycles. The Labute approximate surface area is 333 Å². The number of ether oxygens (including phenoxy) is 2. The number of hydrogen-bond acceptors (Lipinski definition) is 8. The van der Waals surface area contributed by atoms with Gasteiger partial charge < -0.3 is 44.5 Å². The summed E-state index contributed by atoms with van der Waals surface area (Å²) in [5, 5.41) is 14.6. The molecule has 5 amide bonds. The molecule has 0 bridgehead atoms. The maximum Gasteiger partial charge on any atom is 0.410 e. The summed E-state index contributed by atoms with van der Waals surface area (Å²) in [6.45, 7) is 7.37. The summed E-state index contributed by atoms with van der Waals surface area (Å²) < 4.78 is 11.3. The van der Waals surface area contributed by atoms with Gasteiger partial charge in [0.1, 0.15) is 6.04 Å². The van der Waals surface area contributed by atoms with Crippen LogP contribution in [0.25, 0.3) is 0 Å². The number of likely N-dealkylation sites (N-methyl/N-ethyl adjacent to an activating group) is 1. The minimum absolute atomic E-state index is 0.0335. The highest BCUT2D eigenvalue weighted by Crippen LogP contribution is 2.29. The minimum Gasteiger partial charge on any atom is -0.436 e. The van der Waals surface area contributed by atoms with E-state index < -0.39 is 36.3 Å². The van der Waals surface area contributed by atoms with Gasteiger partial charge in [-0.05, 0) is 49.5 Å². The second kappa shape index (κ2) is 23.2. The molecule has 1 aromatic carbocycles. The summed E-state index contributed by atoms with van der Waals surface area (Å²) in [6.07, 6.45) is 9.94. The number of H-pyrrole nitrogens is 1. The third kappa shape index (κ3) is 14.4. The molecule has 14 nitrogen and oxygen atoms in total. The van der Waals surface area contributed by atoms with Crippen molar-refractivity contribution < 1.29 is 33.8 Å². The lowest BCUT2D eigenvalue weighted by Gasteiger charge is -2.34. The number of aromatic amines is 1. The number of rotatable bonds is 20. The van der Waals surface area contributed by atoms with Gasteiger partial charge in [-0.25, -0.2) is 14.6 Å². The summed E-state index contributed by atoms with van der Waals surface area (Å²) in [6, 6.07) is 7.86. The van der Waals surface area contributed by atoms with Crippen LogP contribution in [0.1, 0.15) is 89.3 Å². The van der Waals surface area contributed by atoms with Crippen molar-refractivity contribution in [3.05, 3.63) is 54.1 Å². The first-order valence-corrected chi connectivity index (χ1v) is 20.7. The van der Waals surface area contributed by atoms with Crippen molar-refractivity contribution in [1.29, 1.82) is 0 Å². The molecule has 312 valence electrons. The first-order valence-electron chi connectivity index (χ1n) is 20.7. The van der Waals surface area contributed by atoms with E-state index in [0.29, 0.717) is 82.6 Å². The zero-order chi connectivity index (χ0) is 40.5. The van der Waals surface area contributed by atoms with E-state index in [2.05, 4.69) is 29.1 Å². The maximum absolute atomic E-state index is 14.4. The number of unbranched alkanes of at least 4 members (excludes halogenated alkanes) is 1. The Morgan fingerprint density at radius 2 is 1.64 bits per heavy atom. The molecule has 0 radical (unpaired) electrons. The second-order valence-electron chi connectivity index (χ2n) is 16.1. The fourth-order valence-corrected chi connectivity index (χ4v) is 7.57. The first kappa shape index (κ1) is 44.5. The number of imidazole rings is 1. The Balaban J connectivity index is 1.45. The van der Waals surface area contributed by atoms with Gasteiger partial charge in [0.05, 0.1) is 37.4 Å². The molecule has 14 heteroatoms. The molecule has 0 spiro atoms. The molecule has 1 aliphatic heterocycles. The average Bonchev–Trinajstić information content (AvgIpc) is 3.73. The van der Waals surface area contributed by atoms with E-state index in [9.17, 15) is 24.3 Å². The fourth-order valence-electron chi connectivity index (χ4n) is 7.57. The van der Waals surface area contributed by atoms with Crippen molar-refractivity contribution >= 4 is 23.9 Å². The molecule has 1 saturated heterocycles. The quantitative estimate of drug-likeness (QED) is 0.161. The van der Waals surface area contributed by atoms with Gasteiger partial charge in [0, 0.05) is 66.4 Å². The molecule has 4 rings (SSSR count). The van der Waals surface area contributed by atoms with Crippen LogP contribution in [-0.2, 0) is 31.9 Å². The van der Waals surface area contributed by atoms with Gasteiger partial charge in [-0.3, -0.25) is 9.59 Å². The van der Waals surface area contributed by atoms with Crippen molar-refractivity contribution in [3.63, 3.8) is 0 Å². The standard InChI is InChI=1S/C42H67N7O7/c1-31(2)18-19-37(50)35(26-32-14-8-6-9-15-32)45-39(51)36(28-34-29-43-30-44-34)48(5)40(52)38(27-33-16-10-7-11-17-33)56-42(54)47(4)21-13-12-20-46(3)41(53)49-22-24-55-25-23-49/h7,10-11,16-17,29-32,35-38,50H,6,8-9,12-15,18-28H2,1-5H3,(H,43,44)(H,45,51)/t35-,36-,37-,38-/m0/s1. The zero-order valence-corrected chi connectivity index (χ0v) is 34.4. The van der Waals surface area contributed by atoms with Crippen molar-refractivity contribution in [2.24, 2.45) is 11.8 Å². The second-order valence-corrected chi connectivity index (χ2v) is 16.1. The van der Waals surface area contributed by atoms with Crippen LogP contribution < -0.4 is 5.32 Å². The van der Waals surface area contributed by atoms with E-state index in [1.165, 1.54) is 22.5 Å². The molecule has 2 aliphatic rings. The van der Waals surface area contributed by atoms with Gasteiger partial charge in [0.25, 0.3) is 5.91 Å². The molecule has 2 heterocycles. The number of hydrogen-bond donors (Lipinski definition) is 3. The molecule has 3 N–H and O–H groups in total. The van der Waals surface area contributed by atoms with E-state index >= 15 is 0 Å². The summed E-state index contributed by atoms with van der Waals surface area (Å²) >= 11 is 0. The number of nitrogens with one attached hydrogen (secondary N) is 2. The largest absolute Gasteiger partial charge is 0.436 e. The average molecular weight is 782 g/mol. The normalized spacial score (nSPS) is 17.1. The predicted molar refractivity (Wildman–Crippen MR) is 215 cm³/mol. The zero-order valence-electron chi connectivity index (χ0n) is 34.4. The van der Waals surface area contributed by atoms with Crippen LogP contribution in [0.2, 0.25) is 0 Å². The topological polar surface area (TPSA) is 161 Å². The molecule has 0 unspecified atom stereocenters. The number of morpholine rings is 1. The molecule has 1 aromatic heterocycles. The van der Waals surface area contributed by atoms with Gasteiger partial charge in [-0.15, -0.1) is 0 Å². The molecular formula is C42H67N7O7. The Kier molecular flexibility index (Phi) is 18.4. The Bertz CT molecular complexity index is 1460. The van der Waals surface area contributed by atoms with E-state index in [-0.39, 0.29) is 24.8 Å². The van der Waals surface area contributed by atoms with Crippen molar-refractivity contribution in [2.45, 2.75) is 115 Å². The summed E-state index contributed by atoms with van der Waals surface area (Å²) in [5.41, 5.74) is 1.40. The van der Waals surface area contributed by atoms with Crippen LogP contribution in [0.4, 0.5) is 9.59 Å². The van der Waals surface area contributed by atoms with Gasteiger partial charge >= 0.3 is 12.1 Å².